The lowest BCUT2D eigenvalue weighted by molar-refractivity contribution is -0.146. The van der Waals surface area contributed by atoms with Crippen molar-refractivity contribution in [2.24, 2.45) is 0 Å². The van der Waals surface area contributed by atoms with Crippen LogP contribution in [0.4, 0.5) is 0 Å². The predicted octanol–water partition coefficient (Wildman–Crippen LogP) is 4.96. The molecule has 0 radical (unpaired) electrons. The second-order valence-electron chi connectivity index (χ2n) is 11.9. The average Bonchev–Trinajstić information content (AvgIpc) is 3.14. The quantitative estimate of drug-likeness (QED) is 0.0610. The van der Waals surface area contributed by atoms with Crippen molar-refractivity contribution in [3.63, 3.8) is 0 Å². The fraction of sp³-hybridized carbons (Fsp3) is 0.947. The molecule has 0 saturated carbocycles. The van der Waals surface area contributed by atoms with Crippen LogP contribution in [-0.4, -0.2) is 157 Å². The van der Waals surface area contributed by atoms with E-state index in [1.807, 2.05) is 6.92 Å². The van der Waals surface area contributed by atoms with E-state index >= 15 is 0 Å². The SMILES string of the molecule is CCCCCCCCCCCC(=O)OCCOCCOCCOCCOCCOCCOCCOCCOCCOCCOCCOC(=O)CCC. The molecule has 0 saturated heterocycles. The van der Waals surface area contributed by atoms with E-state index in [2.05, 4.69) is 6.92 Å². The summed E-state index contributed by atoms with van der Waals surface area (Å²) in [6.45, 7) is 14.1. The molecule has 0 heterocycles. The van der Waals surface area contributed by atoms with Crippen molar-refractivity contribution >= 4 is 11.9 Å². The molecule has 0 N–H and O–H groups in total. The Kier molecular flexibility index (Phi) is 44.4. The van der Waals surface area contributed by atoms with Crippen LogP contribution in [0, 0.1) is 0 Å². The summed E-state index contributed by atoms with van der Waals surface area (Å²) in [4.78, 5) is 23.0. The molecule has 0 unspecified atom stereocenters. The van der Waals surface area contributed by atoms with Crippen molar-refractivity contribution in [1.82, 2.24) is 0 Å². The van der Waals surface area contributed by atoms with Crippen molar-refractivity contribution in [3.8, 4) is 0 Å². The molecular weight excluding hydrogens is 680 g/mol. The molecule has 14 nitrogen and oxygen atoms in total. The van der Waals surface area contributed by atoms with Gasteiger partial charge in [0.05, 0.1) is 132 Å². The molecule has 14 heteroatoms. The third-order valence-corrected chi connectivity index (χ3v) is 7.27. The minimum absolute atomic E-state index is 0.140. The van der Waals surface area contributed by atoms with Crippen LogP contribution < -0.4 is 0 Å². The molecule has 0 amide bonds. The molecule has 0 spiro atoms. The fourth-order valence-electron chi connectivity index (χ4n) is 4.44. The Hall–Kier alpha value is -1.46. The molecule has 0 rings (SSSR count). The molecule has 0 aliphatic rings. The summed E-state index contributed by atoms with van der Waals surface area (Å²) in [6, 6.07) is 0. The normalized spacial score (nSPS) is 11.3. The van der Waals surface area contributed by atoms with Crippen LogP contribution >= 0.6 is 0 Å². The number of unbranched alkanes of at least 4 members (excludes halogenated alkanes) is 8. The lowest BCUT2D eigenvalue weighted by Crippen LogP contribution is -2.16. The number of rotatable bonds is 45. The van der Waals surface area contributed by atoms with E-state index in [9.17, 15) is 9.59 Å². The maximum Gasteiger partial charge on any atom is 0.305 e. The predicted molar refractivity (Wildman–Crippen MR) is 197 cm³/mol. The van der Waals surface area contributed by atoms with Crippen molar-refractivity contribution in [2.45, 2.75) is 90.9 Å². The Labute approximate surface area is 314 Å². The van der Waals surface area contributed by atoms with Crippen LogP contribution in [0.1, 0.15) is 90.9 Å². The summed E-state index contributed by atoms with van der Waals surface area (Å²) in [5, 5.41) is 0. The number of hydrogen-bond acceptors (Lipinski definition) is 14. The third kappa shape index (κ3) is 44.7. The van der Waals surface area contributed by atoms with E-state index in [-0.39, 0.29) is 25.2 Å². The minimum atomic E-state index is -0.190. The van der Waals surface area contributed by atoms with Crippen molar-refractivity contribution in [3.05, 3.63) is 0 Å². The van der Waals surface area contributed by atoms with Crippen molar-refractivity contribution in [2.75, 3.05) is 145 Å². The van der Waals surface area contributed by atoms with Gasteiger partial charge in [-0.25, -0.2) is 0 Å². The molecule has 0 aliphatic carbocycles. The Bertz CT molecular complexity index is 715. The summed E-state index contributed by atoms with van der Waals surface area (Å²) >= 11 is 0. The van der Waals surface area contributed by atoms with Gasteiger partial charge in [-0.2, -0.15) is 0 Å². The second kappa shape index (κ2) is 45.7. The number of carbonyl (C=O) groups is 2. The molecule has 52 heavy (non-hydrogen) atoms. The van der Waals surface area contributed by atoms with Gasteiger partial charge >= 0.3 is 11.9 Å². The smallest absolute Gasteiger partial charge is 0.305 e. The fourth-order valence-corrected chi connectivity index (χ4v) is 4.44. The molecule has 0 fully saturated rings. The molecule has 0 aromatic heterocycles. The van der Waals surface area contributed by atoms with Gasteiger partial charge in [0, 0.05) is 12.8 Å². The zero-order valence-corrected chi connectivity index (χ0v) is 32.8. The first kappa shape index (κ1) is 50.5. The maximum atomic E-state index is 11.8. The Morgan fingerprint density at radius 3 is 0.769 bits per heavy atom. The lowest BCUT2D eigenvalue weighted by Gasteiger charge is -2.09. The van der Waals surface area contributed by atoms with E-state index in [0.29, 0.717) is 145 Å². The highest BCUT2D eigenvalue weighted by Gasteiger charge is 2.03. The van der Waals surface area contributed by atoms with Gasteiger partial charge < -0.3 is 56.8 Å². The number of carbonyl (C=O) groups excluding carboxylic acids is 2. The van der Waals surface area contributed by atoms with Crippen LogP contribution in [-0.2, 0) is 66.4 Å². The second-order valence-corrected chi connectivity index (χ2v) is 11.9. The van der Waals surface area contributed by atoms with E-state index in [1.54, 1.807) is 0 Å². The monoisotopic (exact) mass is 755 g/mol. The summed E-state index contributed by atoms with van der Waals surface area (Å²) < 4.78 is 64.8. The van der Waals surface area contributed by atoms with Crippen LogP contribution in [0.3, 0.4) is 0 Å². The van der Waals surface area contributed by atoms with Gasteiger partial charge in [0.1, 0.15) is 13.2 Å². The first-order valence-corrected chi connectivity index (χ1v) is 19.8. The van der Waals surface area contributed by atoms with Crippen LogP contribution in [0.5, 0.6) is 0 Å². The summed E-state index contributed by atoms with van der Waals surface area (Å²) in [5.41, 5.74) is 0. The third-order valence-electron chi connectivity index (χ3n) is 7.27. The molecule has 0 bridgehead atoms. The van der Waals surface area contributed by atoms with Gasteiger partial charge in [0.25, 0.3) is 0 Å². The Morgan fingerprint density at radius 1 is 0.269 bits per heavy atom. The van der Waals surface area contributed by atoms with Gasteiger partial charge in [-0.05, 0) is 12.8 Å². The van der Waals surface area contributed by atoms with Gasteiger partial charge in [0.2, 0.25) is 0 Å². The van der Waals surface area contributed by atoms with Gasteiger partial charge in [0.15, 0.2) is 0 Å². The standard InChI is InChI=1S/C38H74O14/c1-3-5-6-7-8-9-10-11-12-14-38(40)52-36-34-50-32-30-48-28-26-46-24-22-44-20-18-42-16-15-41-17-19-43-21-23-45-25-27-47-29-31-49-33-35-51-37(39)13-4-2/h3-36H2,1-2H3. The van der Waals surface area contributed by atoms with Crippen molar-refractivity contribution in [1.29, 1.82) is 0 Å². The maximum absolute atomic E-state index is 11.8. The minimum Gasteiger partial charge on any atom is -0.463 e. The molecular formula is C38H74O14. The van der Waals surface area contributed by atoms with Crippen molar-refractivity contribution < 1.29 is 66.4 Å². The number of esters is 2. The van der Waals surface area contributed by atoms with Gasteiger partial charge in [-0.1, -0.05) is 65.2 Å². The van der Waals surface area contributed by atoms with E-state index in [0.717, 1.165) is 19.3 Å². The number of hydrogen-bond donors (Lipinski definition) is 0. The Balaban J connectivity index is 3.12. The molecule has 310 valence electrons. The van der Waals surface area contributed by atoms with Crippen LogP contribution in [0.2, 0.25) is 0 Å². The molecule has 0 aliphatic heterocycles. The topological polar surface area (TPSA) is 145 Å². The van der Waals surface area contributed by atoms with Gasteiger partial charge in [-0.3, -0.25) is 9.59 Å². The molecule has 0 atom stereocenters. The average molecular weight is 755 g/mol. The summed E-state index contributed by atoms with van der Waals surface area (Å²) in [6.07, 6.45) is 12.8. The molecule has 0 aromatic carbocycles. The van der Waals surface area contributed by atoms with Crippen LogP contribution in [0.25, 0.3) is 0 Å². The highest BCUT2D eigenvalue weighted by atomic mass is 16.6. The lowest BCUT2D eigenvalue weighted by atomic mass is 10.1. The zero-order chi connectivity index (χ0) is 37.7. The van der Waals surface area contributed by atoms with Crippen LogP contribution in [0.15, 0.2) is 0 Å². The summed E-state index contributed by atoms with van der Waals surface area (Å²) in [7, 11) is 0. The van der Waals surface area contributed by atoms with E-state index in [1.165, 1.54) is 44.9 Å². The Morgan fingerprint density at radius 2 is 0.500 bits per heavy atom. The van der Waals surface area contributed by atoms with Gasteiger partial charge in [-0.15, -0.1) is 0 Å². The summed E-state index contributed by atoms with van der Waals surface area (Å²) in [5.74, 6) is -0.330. The number of ether oxygens (including phenoxy) is 12. The zero-order valence-electron chi connectivity index (χ0n) is 32.8. The highest BCUT2D eigenvalue weighted by molar-refractivity contribution is 5.69. The highest BCUT2D eigenvalue weighted by Crippen LogP contribution is 2.10. The first-order valence-electron chi connectivity index (χ1n) is 19.8. The first-order chi connectivity index (χ1) is 25.7. The largest absolute Gasteiger partial charge is 0.463 e. The van der Waals surface area contributed by atoms with E-state index in [4.69, 9.17) is 56.8 Å². The molecule has 0 aromatic rings. The van der Waals surface area contributed by atoms with E-state index < -0.39 is 0 Å².